The van der Waals surface area contributed by atoms with Gasteiger partial charge in [0.2, 0.25) is 0 Å². The molecule has 146 valence electrons. The van der Waals surface area contributed by atoms with Gasteiger partial charge in [-0.15, -0.1) is 0 Å². The van der Waals surface area contributed by atoms with Crippen LogP contribution in [0.15, 0.2) is 34.0 Å². The van der Waals surface area contributed by atoms with E-state index in [2.05, 4.69) is 50.0 Å². The van der Waals surface area contributed by atoms with E-state index in [4.69, 9.17) is 0 Å². The molecule has 0 rings (SSSR count). The van der Waals surface area contributed by atoms with Crippen LogP contribution in [0, 0.1) is 0 Å². The SMILES string of the molecule is C/C=C/C/C(C)=C/[C@H](O)C/C=[CH]/[Sn]([CH2]CCC)([CH2]CCC)[CH2]CCC. The van der Waals surface area contributed by atoms with E-state index >= 15 is 0 Å². The molecule has 0 aromatic rings. The van der Waals surface area contributed by atoms with Crippen LogP contribution >= 0.6 is 0 Å². The summed E-state index contributed by atoms with van der Waals surface area (Å²) in [4.78, 5) is 0. The second-order valence-corrected chi connectivity index (χ2v) is 20.7. The van der Waals surface area contributed by atoms with Gasteiger partial charge in [0.05, 0.1) is 0 Å². The van der Waals surface area contributed by atoms with Gasteiger partial charge in [-0.05, 0) is 0 Å². The summed E-state index contributed by atoms with van der Waals surface area (Å²) in [6, 6.07) is 0. The third-order valence-corrected chi connectivity index (χ3v) is 19.3. The third-order valence-electron chi connectivity index (χ3n) is 5.09. The Kier molecular flexibility index (Phi) is 16.2. The van der Waals surface area contributed by atoms with Crippen molar-refractivity contribution in [2.45, 2.75) is 105 Å². The number of hydrogen-bond acceptors (Lipinski definition) is 1. The fourth-order valence-corrected chi connectivity index (χ4v) is 17.9. The summed E-state index contributed by atoms with van der Waals surface area (Å²) in [7, 11) is 0. The molecule has 0 radical (unpaired) electrons. The van der Waals surface area contributed by atoms with Crippen LogP contribution in [0.5, 0.6) is 0 Å². The van der Waals surface area contributed by atoms with Crippen LogP contribution in [0.3, 0.4) is 0 Å². The van der Waals surface area contributed by atoms with Gasteiger partial charge in [0.25, 0.3) is 0 Å². The number of aliphatic hydroxyl groups is 1. The van der Waals surface area contributed by atoms with Crippen LogP contribution in [0.2, 0.25) is 13.3 Å². The Morgan fingerprint density at radius 2 is 1.44 bits per heavy atom. The molecule has 0 heterocycles. The van der Waals surface area contributed by atoms with Gasteiger partial charge in [-0.3, -0.25) is 0 Å². The fraction of sp³-hybridized carbons (Fsp3) is 0.739. The van der Waals surface area contributed by atoms with Crippen LogP contribution in [0.25, 0.3) is 0 Å². The Morgan fingerprint density at radius 1 is 0.920 bits per heavy atom. The fourth-order valence-electron chi connectivity index (χ4n) is 3.44. The third kappa shape index (κ3) is 12.9. The number of unbranched alkanes of at least 4 members (excludes halogenated alkanes) is 3. The molecule has 1 atom stereocenters. The van der Waals surface area contributed by atoms with Crippen molar-refractivity contribution in [3.8, 4) is 0 Å². The summed E-state index contributed by atoms with van der Waals surface area (Å²) in [5.41, 5.74) is 1.26. The molecule has 0 saturated carbocycles. The summed E-state index contributed by atoms with van der Waals surface area (Å²) < 4.78 is 7.20. The van der Waals surface area contributed by atoms with Crippen molar-refractivity contribution in [2.24, 2.45) is 0 Å². The Labute approximate surface area is 162 Å². The van der Waals surface area contributed by atoms with Gasteiger partial charge in [-0.2, -0.15) is 0 Å². The molecule has 0 spiro atoms. The van der Waals surface area contributed by atoms with Crippen molar-refractivity contribution in [2.75, 3.05) is 0 Å². The molecule has 2 heteroatoms. The maximum absolute atomic E-state index is 10.3. The van der Waals surface area contributed by atoms with Crippen molar-refractivity contribution in [1.82, 2.24) is 0 Å². The molecule has 0 aliphatic carbocycles. The molecule has 0 amide bonds. The van der Waals surface area contributed by atoms with Crippen LogP contribution in [0.1, 0.15) is 86.0 Å². The molecular weight excluding hydrogens is 411 g/mol. The van der Waals surface area contributed by atoms with Crippen LogP contribution in [0.4, 0.5) is 0 Å². The van der Waals surface area contributed by atoms with Gasteiger partial charge < -0.3 is 0 Å². The van der Waals surface area contributed by atoms with Gasteiger partial charge in [0.1, 0.15) is 0 Å². The predicted molar refractivity (Wildman–Crippen MR) is 118 cm³/mol. The molecule has 0 aromatic carbocycles. The molecular formula is C23H44OSn. The van der Waals surface area contributed by atoms with Crippen LogP contribution in [-0.2, 0) is 0 Å². The van der Waals surface area contributed by atoms with E-state index in [-0.39, 0.29) is 6.10 Å². The molecule has 1 nitrogen and oxygen atoms in total. The number of rotatable bonds is 15. The molecule has 0 aliphatic heterocycles. The number of hydrogen-bond donors (Lipinski definition) is 1. The predicted octanol–water partition coefficient (Wildman–Crippen LogP) is 7.59. The van der Waals surface area contributed by atoms with Crippen LogP contribution < -0.4 is 0 Å². The van der Waals surface area contributed by atoms with E-state index in [0.717, 1.165) is 12.8 Å². The molecule has 0 aliphatic rings. The summed E-state index contributed by atoms with van der Waals surface area (Å²) >= 11 is -2.16. The Balaban J connectivity index is 4.90. The maximum atomic E-state index is 10.3. The Hall–Kier alpha value is -0.0213. The molecule has 25 heavy (non-hydrogen) atoms. The second kappa shape index (κ2) is 16.2. The summed E-state index contributed by atoms with van der Waals surface area (Å²) in [6.45, 7) is 11.1. The molecule has 1 N–H and O–H groups in total. The van der Waals surface area contributed by atoms with Crippen molar-refractivity contribution in [3.05, 3.63) is 34.0 Å². The van der Waals surface area contributed by atoms with Gasteiger partial charge in [0, 0.05) is 0 Å². The standard InChI is InChI=1S/C11H17O.3C4H9.Sn/c1-4-6-8-10(3)9-11(12)7-5-2;3*1-3-4-2;/h2,4-6,9,11-12H,7-8H2,1,3H3;3*1,3-4H2,2H3;/b5-2?,6-4+,10-9+;;;;/t11-;;;;/m1..../s1. The molecule has 0 fully saturated rings. The van der Waals surface area contributed by atoms with E-state index in [1.165, 1.54) is 57.4 Å². The van der Waals surface area contributed by atoms with Crippen molar-refractivity contribution in [1.29, 1.82) is 0 Å². The monoisotopic (exact) mass is 456 g/mol. The number of allylic oxidation sites excluding steroid dienone is 3. The quantitative estimate of drug-likeness (QED) is 0.199. The first kappa shape index (κ1) is 25.0. The van der Waals surface area contributed by atoms with Gasteiger partial charge in [-0.25, -0.2) is 0 Å². The zero-order valence-electron chi connectivity index (χ0n) is 17.7. The van der Waals surface area contributed by atoms with Crippen molar-refractivity contribution in [3.63, 3.8) is 0 Å². The van der Waals surface area contributed by atoms with E-state index in [1.54, 1.807) is 0 Å². The Morgan fingerprint density at radius 3 is 1.88 bits per heavy atom. The minimum absolute atomic E-state index is 0.325. The molecule has 0 aromatic heterocycles. The average Bonchev–Trinajstić information content (AvgIpc) is 2.60. The van der Waals surface area contributed by atoms with Gasteiger partial charge in [-0.1, -0.05) is 0 Å². The summed E-state index contributed by atoms with van der Waals surface area (Å²) in [6.07, 6.45) is 18.2. The number of aliphatic hydroxyl groups excluding tert-OH is 1. The topological polar surface area (TPSA) is 20.2 Å². The first-order valence-corrected chi connectivity index (χ1v) is 18.4. The molecule has 0 bridgehead atoms. The Bertz CT molecular complexity index is 373. The van der Waals surface area contributed by atoms with E-state index in [9.17, 15) is 5.11 Å². The van der Waals surface area contributed by atoms with Crippen molar-refractivity contribution >= 4 is 18.4 Å². The minimum atomic E-state index is -2.16. The average molecular weight is 455 g/mol. The summed E-state index contributed by atoms with van der Waals surface area (Å²) in [5.74, 6) is 0. The van der Waals surface area contributed by atoms with Crippen molar-refractivity contribution < 1.29 is 5.11 Å². The van der Waals surface area contributed by atoms with Gasteiger partial charge >= 0.3 is 163 Å². The zero-order chi connectivity index (χ0) is 19.0. The molecule has 0 unspecified atom stereocenters. The normalized spacial score (nSPS) is 14.7. The molecule has 0 saturated heterocycles. The van der Waals surface area contributed by atoms with E-state index < -0.39 is 18.4 Å². The van der Waals surface area contributed by atoms with E-state index in [1.807, 2.05) is 13.0 Å². The van der Waals surface area contributed by atoms with Crippen LogP contribution in [-0.4, -0.2) is 29.6 Å². The zero-order valence-corrected chi connectivity index (χ0v) is 20.5. The van der Waals surface area contributed by atoms with Gasteiger partial charge in [0.15, 0.2) is 0 Å². The second-order valence-electron chi connectivity index (χ2n) is 7.66. The summed E-state index contributed by atoms with van der Waals surface area (Å²) in [5, 5.41) is 10.3. The first-order chi connectivity index (χ1) is 12.0. The van der Waals surface area contributed by atoms with E-state index in [0.29, 0.717) is 0 Å². The first-order valence-electron chi connectivity index (χ1n) is 10.7.